The standard InChI is InChI=1S/C13H12BrClS/c1-8-3-4-9(2)10(7-8)12(14)13-11(15)5-6-16-13/h3-7,12H,1-2H3. The number of halogens is 2. The van der Waals surface area contributed by atoms with Gasteiger partial charge in [-0.2, -0.15) is 0 Å². The van der Waals surface area contributed by atoms with Gasteiger partial charge in [-0.15, -0.1) is 11.3 Å². The summed E-state index contributed by atoms with van der Waals surface area (Å²) >= 11 is 11.6. The van der Waals surface area contributed by atoms with Crippen LogP contribution in [-0.2, 0) is 0 Å². The molecule has 2 rings (SSSR count). The highest BCUT2D eigenvalue weighted by Gasteiger charge is 2.16. The Hall–Kier alpha value is -0.310. The average Bonchev–Trinajstić information content (AvgIpc) is 2.67. The van der Waals surface area contributed by atoms with Crippen LogP contribution in [0.5, 0.6) is 0 Å². The Kier molecular flexibility index (Phi) is 3.73. The zero-order valence-electron chi connectivity index (χ0n) is 9.13. The maximum Gasteiger partial charge on any atom is 0.0755 e. The molecule has 3 heteroatoms. The molecule has 0 aliphatic rings. The third-order valence-electron chi connectivity index (χ3n) is 2.58. The summed E-state index contributed by atoms with van der Waals surface area (Å²) in [5.41, 5.74) is 3.86. The number of thiophene rings is 1. The van der Waals surface area contributed by atoms with E-state index < -0.39 is 0 Å². The maximum atomic E-state index is 6.16. The van der Waals surface area contributed by atoms with Gasteiger partial charge in [-0.3, -0.25) is 0 Å². The van der Waals surface area contributed by atoms with E-state index in [0.717, 1.165) is 5.02 Å². The molecule has 2 aromatic rings. The third-order valence-corrected chi connectivity index (χ3v) is 5.26. The molecule has 0 aliphatic heterocycles. The van der Waals surface area contributed by atoms with E-state index >= 15 is 0 Å². The highest BCUT2D eigenvalue weighted by Crippen LogP contribution is 2.40. The van der Waals surface area contributed by atoms with Gasteiger partial charge in [0.15, 0.2) is 0 Å². The van der Waals surface area contributed by atoms with Gasteiger partial charge in [0.1, 0.15) is 0 Å². The highest BCUT2D eigenvalue weighted by atomic mass is 79.9. The van der Waals surface area contributed by atoms with Gasteiger partial charge in [-0.05, 0) is 36.4 Å². The lowest BCUT2D eigenvalue weighted by Crippen LogP contribution is -1.94. The minimum atomic E-state index is 0.194. The van der Waals surface area contributed by atoms with Crippen LogP contribution in [0.4, 0.5) is 0 Å². The monoisotopic (exact) mass is 314 g/mol. The maximum absolute atomic E-state index is 6.16. The van der Waals surface area contributed by atoms with Gasteiger partial charge < -0.3 is 0 Å². The molecule has 0 nitrogen and oxygen atoms in total. The van der Waals surface area contributed by atoms with Crippen molar-refractivity contribution in [1.29, 1.82) is 0 Å². The summed E-state index contributed by atoms with van der Waals surface area (Å²) in [7, 11) is 0. The van der Waals surface area contributed by atoms with Gasteiger partial charge in [0.2, 0.25) is 0 Å². The van der Waals surface area contributed by atoms with Crippen LogP contribution in [0.25, 0.3) is 0 Å². The van der Waals surface area contributed by atoms with Crippen LogP contribution >= 0.6 is 38.9 Å². The molecule has 1 heterocycles. The second kappa shape index (κ2) is 4.91. The van der Waals surface area contributed by atoms with Gasteiger partial charge in [-0.1, -0.05) is 51.3 Å². The summed E-state index contributed by atoms with van der Waals surface area (Å²) in [5, 5.41) is 2.87. The van der Waals surface area contributed by atoms with Crippen molar-refractivity contribution in [3.05, 3.63) is 56.2 Å². The van der Waals surface area contributed by atoms with Crippen molar-refractivity contribution in [3.8, 4) is 0 Å². The molecule has 0 radical (unpaired) electrons. The minimum absolute atomic E-state index is 0.194. The van der Waals surface area contributed by atoms with Crippen molar-refractivity contribution in [3.63, 3.8) is 0 Å². The van der Waals surface area contributed by atoms with Gasteiger partial charge in [-0.25, -0.2) is 0 Å². The molecule has 1 unspecified atom stereocenters. The first-order valence-corrected chi connectivity index (χ1v) is 7.21. The van der Waals surface area contributed by atoms with Gasteiger partial charge in [0.25, 0.3) is 0 Å². The van der Waals surface area contributed by atoms with Crippen LogP contribution < -0.4 is 0 Å². The van der Waals surface area contributed by atoms with Crippen molar-refractivity contribution in [2.45, 2.75) is 18.7 Å². The van der Waals surface area contributed by atoms with E-state index in [9.17, 15) is 0 Å². The van der Waals surface area contributed by atoms with Crippen LogP contribution in [0, 0.1) is 13.8 Å². The quantitative estimate of drug-likeness (QED) is 0.642. The summed E-state index contributed by atoms with van der Waals surface area (Å²) in [6.07, 6.45) is 0. The first-order valence-electron chi connectivity index (χ1n) is 5.03. The normalized spacial score (nSPS) is 12.8. The predicted octanol–water partition coefficient (Wildman–Crippen LogP) is 5.50. The Morgan fingerprint density at radius 3 is 2.62 bits per heavy atom. The second-order valence-electron chi connectivity index (χ2n) is 3.86. The Morgan fingerprint density at radius 2 is 2.00 bits per heavy atom. The van der Waals surface area contributed by atoms with E-state index in [-0.39, 0.29) is 4.83 Å². The fourth-order valence-corrected chi connectivity index (χ4v) is 4.01. The fourth-order valence-electron chi connectivity index (χ4n) is 1.66. The molecule has 84 valence electrons. The average molecular weight is 316 g/mol. The molecule has 0 spiro atoms. The molecule has 0 saturated heterocycles. The van der Waals surface area contributed by atoms with Crippen molar-refractivity contribution in [2.24, 2.45) is 0 Å². The Morgan fingerprint density at radius 1 is 1.25 bits per heavy atom. The van der Waals surface area contributed by atoms with Crippen molar-refractivity contribution < 1.29 is 0 Å². The lowest BCUT2D eigenvalue weighted by atomic mass is 10.0. The predicted molar refractivity (Wildman–Crippen MR) is 76.0 cm³/mol. The summed E-state index contributed by atoms with van der Waals surface area (Å²) in [6, 6.07) is 8.45. The number of aryl methyl sites for hydroxylation is 2. The van der Waals surface area contributed by atoms with Crippen molar-refractivity contribution in [2.75, 3.05) is 0 Å². The van der Waals surface area contributed by atoms with Crippen LogP contribution in [0.3, 0.4) is 0 Å². The van der Waals surface area contributed by atoms with E-state index in [0.29, 0.717) is 0 Å². The van der Waals surface area contributed by atoms with Crippen molar-refractivity contribution in [1.82, 2.24) is 0 Å². The molecule has 16 heavy (non-hydrogen) atoms. The van der Waals surface area contributed by atoms with Gasteiger partial charge in [0.05, 0.1) is 9.85 Å². The van der Waals surface area contributed by atoms with Gasteiger partial charge in [0, 0.05) is 4.88 Å². The SMILES string of the molecule is Cc1ccc(C)c(C(Br)c2sccc2Cl)c1. The lowest BCUT2D eigenvalue weighted by molar-refractivity contribution is 1.16. The zero-order chi connectivity index (χ0) is 11.7. The first kappa shape index (κ1) is 12.2. The molecule has 0 bridgehead atoms. The number of alkyl halides is 1. The molecule has 0 fully saturated rings. The van der Waals surface area contributed by atoms with Gasteiger partial charge >= 0.3 is 0 Å². The fraction of sp³-hybridized carbons (Fsp3) is 0.231. The number of benzene rings is 1. The molecular formula is C13H12BrClS. The molecule has 1 aromatic heterocycles. The largest absolute Gasteiger partial charge is 0.146 e. The van der Waals surface area contributed by atoms with E-state index in [1.54, 1.807) is 11.3 Å². The third kappa shape index (κ3) is 2.34. The van der Waals surface area contributed by atoms with Crippen LogP contribution in [-0.4, -0.2) is 0 Å². The molecule has 1 atom stereocenters. The Balaban J connectivity index is 2.45. The van der Waals surface area contributed by atoms with E-state index in [1.807, 2.05) is 11.4 Å². The van der Waals surface area contributed by atoms with E-state index in [2.05, 4.69) is 48.0 Å². The van der Waals surface area contributed by atoms with Crippen molar-refractivity contribution >= 4 is 38.9 Å². The summed E-state index contributed by atoms with van der Waals surface area (Å²) in [4.78, 5) is 1.37. The first-order chi connectivity index (χ1) is 7.59. The van der Waals surface area contributed by atoms with E-state index in [1.165, 1.54) is 21.6 Å². The molecule has 1 aromatic carbocycles. The van der Waals surface area contributed by atoms with E-state index in [4.69, 9.17) is 11.6 Å². The molecular weight excluding hydrogens is 304 g/mol. The zero-order valence-corrected chi connectivity index (χ0v) is 12.3. The number of hydrogen-bond donors (Lipinski definition) is 0. The molecule has 0 N–H and O–H groups in total. The number of hydrogen-bond acceptors (Lipinski definition) is 1. The second-order valence-corrected chi connectivity index (χ2v) is 6.13. The van der Waals surface area contributed by atoms with Crippen LogP contribution in [0.1, 0.15) is 26.4 Å². The minimum Gasteiger partial charge on any atom is -0.146 e. The molecule has 0 aliphatic carbocycles. The topological polar surface area (TPSA) is 0 Å². The van der Waals surface area contributed by atoms with Crippen LogP contribution in [0.2, 0.25) is 5.02 Å². The summed E-state index contributed by atoms with van der Waals surface area (Å²) in [6.45, 7) is 4.24. The summed E-state index contributed by atoms with van der Waals surface area (Å²) in [5.74, 6) is 0. The summed E-state index contributed by atoms with van der Waals surface area (Å²) < 4.78 is 0. The number of rotatable bonds is 2. The van der Waals surface area contributed by atoms with Crippen LogP contribution in [0.15, 0.2) is 29.6 Å². The molecule has 0 amide bonds. The lowest BCUT2D eigenvalue weighted by Gasteiger charge is -2.13. The Bertz CT molecular complexity index is 504. The Labute approximate surface area is 113 Å². The smallest absolute Gasteiger partial charge is 0.0755 e. The highest BCUT2D eigenvalue weighted by molar-refractivity contribution is 9.09. The molecule has 0 saturated carbocycles.